The minimum atomic E-state index is -3.70. The smallest absolute Gasteiger partial charge is 0.207 e. The molecule has 0 spiro atoms. The fourth-order valence-electron chi connectivity index (χ4n) is 1.68. The number of rotatable bonds is 3. The Labute approximate surface area is 133 Å². The topological polar surface area (TPSA) is 37.4 Å². The van der Waals surface area contributed by atoms with E-state index in [-0.39, 0.29) is 20.4 Å². The van der Waals surface area contributed by atoms with Crippen molar-refractivity contribution < 1.29 is 8.42 Å². The predicted octanol–water partition coefficient (Wildman–Crippen LogP) is 4.42. The lowest BCUT2D eigenvalue weighted by atomic mass is 9.97. The highest BCUT2D eigenvalue weighted by Gasteiger charge is 2.29. The summed E-state index contributed by atoms with van der Waals surface area (Å²) in [6.45, 7) is 6.26. The third-order valence-corrected chi connectivity index (χ3v) is 5.51. The molecule has 0 radical (unpaired) electrons. The van der Waals surface area contributed by atoms with E-state index in [4.69, 9.17) is 23.2 Å². The van der Waals surface area contributed by atoms with Crippen molar-refractivity contribution in [2.45, 2.75) is 25.7 Å². The van der Waals surface area contributed by atoms with E-state index in [1.54, 1.807) is 0 Å². The van der Waals surface area contributed by atoms with Crippen LogP contribution >= 0.6 is 39.1 Å². The van der Waals surface area contributed by atoms with Gasteiger partial charge in [-0.1, -0.05) is 59.9 Å². The summed E-state index contributed by atoms with van der Waals surface area (Å²) in [6.07, 6.45) is 0. The van der Waals surface area contributed by atoms with Gasteiger partial charge in [-0.25, -0.2) is 12.7 Å². The van der Waals surface area contributed by atoms with Gasteiger partial charge >= 0.3 is 0 Å². The number of hydrogen-bond donors (Lipinski definition) is 0. The molecule has 1 aromatic rings. The summed E-state index contributed by atoms with van der Waals surface area (Å²) in [5.41, 5.74) is -0.157. The Bertz CT molecular complexity index is 559. The zero-order valence-electron chi connectivity index (χ0n) is 11.2. The van der Waals surface area contributed by atoms with Crippen LogP contribution in [0.1, 0.15) is 20.8 Å². The molecule has 0 N–H and O–H groups in total. The van der Waals surface area contributed by atoms with Gasteiger partial charge in [0.15, 0.2) is 0 Å². The molecule has 7 heteroatoms. The first-order valence-electron chi connectivity index (χ1n) is 5.56. The molecule has 0 saturated carbocycles. The van der Waals surface area contributed by atoms with E-state index < -0.39 is 10.0 Å². The second kappa shape index (κ2) is 5.90. The van der Waals surface area contributed by atoms with Gasteiger partial charge in [-0.05, 0) is 17.5 Å². The van der Waals surface area contributed by atoms with Crippen LogP contribution in [0.15, 0.2) is 21.5 Å². The minimum Gasteiger partial charge on any atom is -0.207 e. The third-order valence-electron chi connectivity index (χ3n) is 2.33. The summed E-state index contributed by atoms with van der Waals surface area (Å²) in [4.78, 5) is -0.0502. The largest absolute Gasteiger partial charge is 0.245 e. The molecule has 0 amide bonds. The molecule has 0 heterocycles. The fraction of sp³-hybridized carbons (Fsp3) is 0.500. The van der Waals surface area contributed by atoms with E-state index in [0.717, 1.165) is 0 Å². The number of nitrogens with zero attached hydrogens (tertiary/aromatic N) is 1. The van der Waals surface area contributed by atoms with Crippen LogP contribution < -0.4 is 0 Å². The molecule has 1 rings (SSSR count). The first-order valence-corrected chi connectivity index (χ1v) is 8.55. The molecular weight excluding hydrogens is 373 g/mol. The highest BCUT2D eigenvalue weighted by atomic mass is 79.9. The molecule has 0 bridgehead atoms. The molecule has 0 aromatic heterocycles. The van der Waals surface area contributed by atoms with Crippen molar-refractivity contribution in [1.82, 2.24) is 4.31 Å². The molecule has 0 unspecified atom stereocenters. The average molecular weight is 389 g/mol. The van der Waals surface area contributed by atoms with Gasteiger partial charge in [0.2, 0.25) is 10.0 Å². The summed E-state index contributed by atoms with van der Waals surface area (Å²) in [7, 11) is -2.18. The fourth-order valence-corrected chi connectivity index (χ4v) is 4.96. The van der Waals surface area contributed by atoms with Gasteiger partial charge in [-0.2, -0.15) is 0 Å². The van der Waals surface area contributed by atoms with Gasteiger partial charge in [0.25, 0.3) is 0 Å². The normalized spacial score (nSPS) is 13.1. The van der Waals surface area contributed by atoms with Crippen molar-refractivity contribution >= 4 is 49.2 Å². The first-order chi connectivity index (χ1) is 8.45. The molecular formula is C12H16BrCl2NO2S. The molecule has 3 nitrogen and oxygen atoms in total. The quantitative estimate of drug-likeness (QED) is 0.768. The minimum absolute atomic E-state index is 0.0502. The van der Waals surface area contributed by atoms with E-state index in [1.165, 1.54) is 23.5 Å². The maximum Gasteiger partial charge on any atom is 0.245 e. The second-order valence-electron chi connectivity index (χ2n) is 5.52. The Balaban J connectivity index is 3.29. The maximum atomic E-state index is 12.5. The lowest BCUT2D eigenvalue weighted by Crippen LogP contribution is -2.34. The maximum absolute atomic E-state index is 12.5. The van der Waals surface area contributed by atoms with Gasteiger partial charge < -0.3 is 0 Å². The van der Waals surface area contributed by atoms with Crippen molar-refractivity contribution in [2.75, 3.05) is 13.6 Å². The van der Waals surface area contributed by atoms with Gasteiger partial charge in [-0.15, -0.1) is 0 Å². The molecule has 0 aliphatic carbocycles. The lowest BCUT2D eigenvalue weighted by molar-refractivity contribution is 0.311. The van der Waals surface area contributed by atoms with Crippen LogP contribution in [0.4, 0.5) is 0 Å². The van der Waals surface area contributed by atoms with Crippen LogP contribution in [0.2, 0.25) is 10.0 Å². The third kappa shape index (κ3) is 4.33. The molecule has 19 heavy (non-hydrogen) atoms. The van der Waals surface area contributed by atoms with E-state index in [1.807, 2.05) is 20.8 Å². The molecule has 0 atom stereocenters. The Morgan fingerprint density at radius 1 is 1.21 bits per heavy atom. The monoisotopic (exact) mass is 387 g/mol. The SMILES string of the molecule is CN(CC(C)(C)C)S(=O)(=O)c1c(Cl)cc(Br)cc1Cl. The molecule has 0 aliphatic rings. The second-order valence-corrected chi connectivity index (χ2v) is 9.23. The van der Waals surface area contributed by atoms with Crippen LogP contribution in [-0.4, -0.2) is 26.3 Å². The van der Waals surface area contributed by atoms with Gasteiger partial charge in [0.05, 0.1) is 10.0 Å². The van der Waals surface area contributed by atoms with E-state index in [2.05, 4.69) is 15.9 Å². The van der Waals surface area contributed by atoms with Crippen LogP contribution in [0.5, 0.6) is 0 Å². The van der Waals surface area contributed by atoms with Crippen LogP contribution in [0.25, 0.3) is 0 Å². The Morgan fingerprint density at radius 2 is 1.63 bits per heavy atom. The van der Waals surface area contributed by atoms with Gasteiger partial charge in [0.1, 0.15) is 4.90 Å². The summed E-state index contributed by atoms with van der Waals surface area (Å²) in [5, 5.41) is 0.222. The summed E-state index contributed by atoms with van der Waals surface area (Å²) in [5.74, 6) is 0. The first kappa shape index (κ1) is 17.2. The number of sulfonamides is 1. The molecule has 1 aromatic carbocycles. The van der Waals surface area contributed by atoms with Gasteiger partial charge in [0, 0.05) is 18.1 Å². The predicted molar refractivity (Wildman–Crippen MR) is 83.4 cm³/mol. The average Bonchev–Trinajstić information content (AvgIpc) is 2.11. The molecule has 0 saturated heterocycles. The van der Waals surface area contributed by atoms with Crippen molar-refractivity contribution in [3.05, 3.63) is 26.7 Å². The van der Waals surface area contributed by atoms with Crippen molar-refractivity contribution in [3.63, 3.8) is 0 Å². The van der Waals surface area contributed by atoms with Gasteiger partial charge in [-0.3, -0.25) is 0 Å². The van der Waals surface area contributed by atoms with Crippen molar-refractivity contribution in [2.24, 2.45) is 5.41 Å². The summed E-state index contributed by atoms with van der Waals surface area (Å²) in [6, 6.07) is 3.04. The van der Waals surface area contributed by atoms with Crippen molar-refractivity contribution in [1.29, 1.82) is 0 Å². The van der Waals surface area contributed by atoms with Crippen LogP contribution in [-0.2, 0) is 10.0 Å². The molecule has 0 aliphatic heterocycles. The number of hydrogen-bond acceptors (Lipinski definition) is 2. The Hall–Kier alpha value is 0.190. The molecule has 108 valence electrons. The van der Waals surface area contributed by atoms with Crippen LogP contribution in [0, 0.1) is 5.41 Å². The number of benzene rings is 1. The van der Waals surface area contributed by atoms with Crippen molar-refractivity contribution in [3.8, 4) is 0 Å². The highest BCUT2D eigenvalue weighted by molar-refractivity contribution is 9.10. The summed E-state index contributed by atoms with van der Waals surface area (Å²) < 4.78 is 26.9. The molecule has 0 fully saturated rings. The zero-order valence-corrected chi connectivity index (χ0v) is 15.1. The van der Waals surface area contributed by atoms with E-state index >= 15 is 0 Å². The highest BCUT2D eigenvalue weighted by Crippen LogP contribution is 2.35. The number of halogens is 3. The summed E-state index contributed by atoms with van der Waals surface area (Å²) >= 11 is 15.3. The zero-order chi connectivity index (χ0) is 15.0. The lowest BCUT2D eigenvalue weighted by Gasteiger charge is -2.26. The standard InChI is InChI=1S/C12H16BrCl2NO2S/c1-12(2,3)7-16(4)19(17,18)11-9(14)5-8(13)6-10(11)15/h5-6H,7H2,1-4H3. The Kier molecular flexibility index (Phi) is 5.35. The van der Waals surface area contributed by atoms with E-state index in [9.17, 15) is 8.42 Å². The van der Waals surface area contributed by atoms with E-state index in [0.29, 0.717) is 11.0 Å². The Morgan fingerprint density at radius 3 is 2.00 bits per heavy atom. The van der Waals surface area contributed by atoms with Crippen LogP contribution in [0.3, 0.4) is 0 Å².